The fourth-order valence-corrected chi connectivity index (χ4v) is 2.45. The topological polar surface area (TPSA) is 59.1 Å². The predicted octanol–water partition coefficient (Wildman–Crippen LogP) is 1.75. The van der Waals surface area contributed by atoms with Crippen molar-refractivity contribution in [3.05, 3.63) is 35.4 Å². The molecule has 1 aliphatic heterocycles. The van der Waals surface area contributed by atoms with Gasteiger partial charge in [0.15, 0.2) is 0 Å². The lowest BCUT2D eigenvalue weighted by Crippen LogP contribution is -2.50. The molecule has 1 aliphatic rings. The number of hydrogen-bond donors (Lipinski definition) is 0. The van der Waals surface area contributed by atoms with Gasteiger partial charge in [0.05, 0.1) is 13.2 Å². The van der Waals surface area contributed by atoms with E-state index >= 15 is 0 Å². The van der Waals surface area contributed by atoms with E-state index in [-0.39, 0.29) is 12.0 Å². The van der Waals surface area contributed by atoms with Crippen molar-refractivity contribution in [3.8, 4) is 0 Å². The molecule has 1 fully saturated rings. The van der Waals surface area contributed by atoms with E-state index in [2.05, 4.69) is 0 Å². The number of methoxy groups -OCH3 is 1. The number of nitrogens with zero attached hydrogens (tertiary/aromatic N) is 2. The fourth-order valence-electron chi connectivity index (χ4n) is 2.45. The van der Waals surface area contributed by atoms with Crippen molar-refractivity contribution >= 4 is 12.0 Å². The summed E-state index contributed by atoms with van der Waals surface area (Å²) in [6.07, 6.45) is -0.309. The zero-order valence-corrected chi connectivity index (χ0v) is 13.1. The van der Waals surface area contributed by atoms with E-state index in [1.807, 2.05) is 18.2 Å². The highest BCUT2D eigenvalue weighted by atomic mass is 16.6. The Balaban J connectivity index is 1.95. The van der Waals surface area contributed by atoms with Crippen LogP contribution in [0.15, 0.2) is 24.3 Å². The van der Waals surface area contributed by atoms with Crippen LogP contribution in [0.2, 0.25) is 0 Å². The van der Waals surface area contributed by atoms with Gasteiger partial charge in [0, 0.05) is 38.9 Å². The Hall–Kier alpha value is -2.08. The molecule has 0 aromatic heterocycles. The van der Waals surface area contributed by atoms with E-state index in [9.17, 15) is 9.59 Å². The minimum atomic E-state index is -0.309. The summed E-state index contributed by atoms with van der Waals surface area (Å²) in [7, 11) is 1.63. The number of rotatable bonds is 4. The van der Waals surface area contributed by atoms with Crippen LogP contribution in [0.5, 0.6) is 0 Å². The van der Waals surface area contributed by atoms with Crippen molar-refractivity contribution in [1.82, 2.24) is 9.80 Å². The molecule has 120 valence electrons. The van der Waals surface area contributed by atoms with Crippen molar-refractivity contribution in [1.29, 1.82) is 0 Å². The number of piperazine rings is 1. The molecule has 0 bridgehead atoms. The smallest absolute Gasteiger partial charge is 0.409 e. The van der Waals surface area contributed by atoms with Crippen LogP contribution < -0.4 is 0 Å². The Morgan fingerprint density at radius 1 is 1.14 bits per heavy atom. The molecule has 0 saturated carbocycles. The molecule has 0 spiro atoms. The highest BCUT2D eigenvalue weighted by Gasteiger charge is 2.25. The zero-order chi connectivity index (χ0) is 15.9. The lowest BCUT2D eigenvalue weighted by atomic mass is 10.1. The highest BCUT2D eigenvalue weighted by molar-refractivity contribution is 5.94. The number of amides is 2. The summed E-state index contributed by atoms with van der Waals surface area (Å²) in [6, 6.07) is 7.44. The van der Waals surface area contributed by atoms with Crippen molar-refractivity contribution < 1.29 is 19.1 Å². The van der Waals surface area contributed by atoms with Crippen LogP contribution in [0.1, 0.15) is 22.8 Å². The van der Waals surface area contributed by atoms with Gasteiger partial charge in [0.2, 0.25) is 0 Å². The average Bonchev–Trinajstić information content (AvgIpc) is 2.55. The molecule has 0 N–H and O–H groups in total. The molecular weight excluding hydrogens is 284 g/mol. The van der Waals surface area contributed by atoms with E-state index in [0.29, 0.717) is 45.0 Å². The van der Waals surface area contributed by atoms with Crippen LogP contribution in [0.25, 0.3) is 0 Å². The molecule has 2 amide bonds. The van der Waals surface area contributed by atoms with Crippen LogP contribution in [0, 0.1) is 0 Å². The van der Waals surface area contributed by atoms with Crippen LogP contribution >= 0.6 is 0 Å². The van der Waals surface area contributed by atoms with E-state index in [1.54, 1.807) is 29.9 Å². The second-order valence-electron chi connectivity index (χ2n) is 5.11. The molecule has 1 aromatic rings. The van der Waals surface area contributed by atoms with Gasteiger partial charge in [-0.1, -0.05) is 12.1 Å². The van der Waals surface area contributed by atoms with Gasteiger partial charge in [0.25, 0.3) is 5.91 Å². The van der Waals surface area contributed by atoms with Crippen LogP contribution in [0.4, 0.5) is 4.79 Å². The molecule has 1 heterocycles. The summed E-state index contributed by atoms with van der Waals surface area (Å²) in [5.41, 5.74) is 1.62. The Morgan fingerprint density at radius 2 is 1.82 bits per heavy atom. The predicted molar refractivity (Wildman–Crippen MR) is 81.7 cm³/mol. The van der Waals surface area contributed by atoms with Gasteiger partial charge >= 0.3 is 6.09 Å². The fraction of sp³-hybridized carbons (Fsp3) is 0.500. The summed E-state index contributed by atoms with van der Waals surface area (Å²) in [4.78, 5) is 27.6. The number of hydrogen-bond acceptors (Lipinski definition) is 4. The summed E-state index contributed by atoms with van der Waals surface area (Å²) < 4.78 is 10.1. The molecule has 1 saturated heterocycles. The monoisotopic (exact) mass is 306 g/mol. The second kappa shape index (κ2) is 7.79. The normalized spacial score (nSPS) is 14.8. The van der Waals surface area contributed by atoms with Gasteiger partial charge < -0.3 is 19.3 Å². The quantitative estimate of drug-likeness (QED) is 0.850. The Kier molecular flexibility index (Phi) is 5.77. The summed E-state index contributed by atoms with van der Waals surface area (Å²) >= 11 is 0. The van der Waals surface area contributed by atoms with Gasteiger partial charge in [-0.05, 0) is 24.6 Å². The number of ether oxygens (including phenoxy) is 2. The number of carbonyl (C=O) groups excluding carboxylic acids is 2. The minimum absolute atomic E-state index is 0.0125. The third kappa shape index (κ3) is 3.98. The van der Waals surface area contributed by atoms with Crippen molar-refractivity contribution in [2.45, 2.75) is 13.5 Å². The van der Waals surface area contributed by atoms with Gasteiger partial charge in [0.1, 0.15) is 0 Å². The van der Waals surface area contributed by atoms with E-state index in [1.165, 1.54) is 0 Å². The molecule has 0 aliphatic carbocycles. The molecule has 0 atom stereocenters. The maximum atomic E-state index is 12.5. The first-order valence-electron chi connectivity index (χ1n) is 7.44. The lowest BCUT2D eigenvalue weighted by Gasteiger charge is -2.34. The minimum Gasteiger partial charge on any atom is -0.450 e. The Morgan fingerprint density at radius 3 is 2.45 bits per heavy atom. The van der Waals surface area contributed by atoms with Gasteiger partial charge in [-0.15, -0.1) is 0 Å². The molecule has 1 aromatic carbocycles. The first-order chi connectivity index (χ1) is 10.7. The second-order valence-corrected chi connectivity index (χ2v) is 5.11. The van der Waals surface area contributed by atoms with Crippen LogP contribution in [-0.2, 0) is 16.1 Å². The molecule has 2 rings (SSSR count). The first kappa shape index (κ1) is 16.3. The number of benzene rings is 1. The highest BCUT2D eigenvalue weighted by Crippen LogP contribution is 2.12. The average molecular weight is 306 g/mol. The van der Waals surface area contributed by atoms with E-state index in [4.69, 9.17) is 9.47 Å². The Bertz CT molecular complexity index is 525. The van der Waals surface area contributed by atoms with E-state index in [0.717, 1.165) is 5.56 Å². The van der Waals surface area contributed by atoms with Crippen molar-refractivity contribution in [2.24, 2.45) is 0 Å². The zero-order valence-electron chi connectivity index (χ0n) is 13.1. The summed E-state index contributed by atoms with van der Waals surface area (Å²) in [5.74, 6) is -0.0125. The third-order valence-electron chi connectivity index (χ3n) is 3.58. The van der Waals surface area contributed by atoms with Gasteiger partial charge in [-0.25, -0.2) is 4.79 Å². The molecule has 0 radical (unpaired) electrons. The molecule has 0 unspecified atom stereocenters. The standard InChI is InChI=1S/C16H22N2O4/c1-3-22-16(20)18-9-7-17(8-10-18)15(19)14-6-4-5-13(11-14)12-21-2/h4-6,11H,3,7-10,12H2,1-2H3. The van der Waals surface area contributed by atoms with Gasteiger partial charge in [-0.3, -0.25) is 4.79 Å². The first-order valence-corrected chi connectivity index (χ1v) is 7.44. The summed E-state index contributed by atoms with van der Waals surface area (Å²) in [5, 5.41) is 0. The molecule has 6 heteroatoms. The third-order valence-corrected chi connectivity index (χ3v) is 3.58. The van der Waals surface area contributed by atoms with Crippen LogP contribution in [-0.4, -0.2) is 61.7 Å². The van der Waals surface area contributed by atoms with Crippen LogP contribution in [0.3, 0.4) is 0 Å². The van der Waals surface area contributed by atoms with E-state index < -0.39 is 0 Å². The lowest BCUT2D eigenvalue weighted by molar-refractivity contribution is 0.0570. The number of carbonyl (C=O) groups is 2. The molecule has 6 nitrogen and oxygen atoms in total. The Labute approximate surface area is 130 Å². The SMILES string of the molecule is CCOC(=O)N1CCN(C(=O)c2cccc(COC)c2)CC1. The maximum Gasteiger partial charge on any atom is 0.409 e. The largest absolute Gasteiger partial charge is 0.450 e. The van der Waals surface area contributed by atoms with Gasteiger partial charge in [-0.2, -0.15) is 0 Å². The van der Waals surface area contributed by atoms with Crippen molar-refractivity contribution in [2.75, 3.05) is 39.9 Å². The van der Waals surface area contributed by atoms with Crippen molar-refractivity contribution in [3.63, 3.8) is 0 Å². The molecule has 22 heavy (non-hydrogen) atoms. The molecular formula is C16H22N2O4. The summed E-state index contributed by atoms with van der Waals surface area (Å²) in [6.45, 7) is 4.68. The maximum absolute atomic E-state index is 12.5.